The number of carbonyl (C=O) groups is 1. The molecular formula is C23H21Cl3N4O5S. The van der Waals surface area contributed by atoms with Gasteiger partial charge in [-0.05, 0) is 29.8 Å². The van der Waals surface area contributed by atoms with E-state index in [1.807, 2.05) is 10.8 Å². The second-order valence-electron chi connectivity index (χ2n) is 7.75. The standard InChI is InChI=1S/C23H21Cl3N4O5S/c1-34-18-4-5-19(25)21(9-18)36(32,33)29-23(31)27-7-6-15-12-35-13-16-10-28-30(22(15)16)11-14-2-3-17(24)8-20(14)26/h2-6,8-10H,7,11-13H2,1H3,(H2,27,29,31)/b15-6+. The summed E-state index contributed by atoms with van der Waals surface area (Å²) in [6.45, 7) is 1.15. The third kappa shape index (κ3) is 5.96. The predicted molar refractivity (Wildman–Crippen MR) is 137 cm³/mol. The van der Waals surface area contributed by atoms with Gasteiger partial charge in [0.15, 0.2) is 0 Å². The molecule has 0 unspecified atom stereocenters. The number of hydrogen-bond donors (Lipinski definition) is 2. The average molecular weight is 572 g/mol. The molecule has 0 saturated carbocycles. The summed E-state index contributed by atoms with van der Waals surface area (Å²) in [6.07, 6.45) is 3.46. The van der Waals surface area contributed by atoms with E-state index >= 15 is 0 Å². The Hall–Kier alpha value is -2.76. The van der Waals surface area contributed by atoms with Crippen LogP contribution in [0.15, 0.2) is 53.6 Å². The van der Waals surface area contributed by atoms with Crippen molar-refractivity contribution in [2.45, 2.75) is 18.0 Å². The van der Waals surface area contributed by atoms with Gasteiger partial charge in [-0.2, -0.15) is 5.10 Å². The number of nitrogens with one attached hydrogen (secondary N) is 2. The van der Waals surface area contributed by atoms with Crippen molar-refractivity contribution in [2.24, 2.45) is 0 Å². The number of hydrogen-bond acceptors (Lipinski definition) is 6. The number of methoxy groups -OCH3 is 1. The molecule has 2 heterocycles. The van der Waals surface area contributed by atoms with Crippen molar-refractivity contribution in [3.8, 4) is 5.75 Å². The molecule has 0 aliphatic carbocycles. The van der Waals surface area contributed by atoms with E-state index in [4.69, 9.17) is 44.3 Å². The summed E-state index contributed by atoms with van der Waals surface area (Å²) >= 11 is 18.3. The summed E-state index contributed by atoms with van der Waals surface area (Å²) < 4.78 is 39.6. The van der Waals surface area contributed by atoms with Crippen LogP contribution in [-0.2, 0) is 27.9 Å². The van der Waals surface area contributed by atoms with Crippen LogP contribution in [0.3, 0.4) is 0 Å². The van der Waals surface area contributed by atoms with E-state index in [0.29, 0.717) is 29.8 Å². The molecule has 3 aromatic rings. The van der Waals surface area contributed by atoms with Gasteiger partial charge in [-0.25, -0.2) is 17.9 Å². The maximum Gasteiger partial charge on any atom is 0.328 e. The molecule has 1 aliphatic heterocycles. The van der Waals surface area contributed by atoms with Gasteiger partial charge in [-0.3, -0.25) is 4.68 Å². The lowest BCUT2D eigenvalue weighted by molar-refractivity contribution is 0.145. The zero-order chi connectivity index (χ0) is 25.9. The van der Waals surface area contributed by atoms with Crippen molar-refractivity contribution in [2.75, 3.05) is 20.3 Å². The van der Waals surface area contributed by atoms with Gasteiger partial charge < -0.3 is 14.8 Å². The fourth-order valence-corrected chi connectivity index (χ4v) is 5.54. The summed E-state index contributed by atoms with van der Waals surface area (Å²) in [4.78, 5) is 12.1. The average Bonchev–Trinajstić information content (AvgIpc) is 3.24. The quantitative estimate of drug-likeness (QED) is 0.432. The maximum atomic E-state index is 12.6. The number of ether oxygens (including phenoxy) is 2. The molecule has 0 spiro atoms. The van der Waals surface area contributed by atoms with Crippen LogP contribution in [0, 0.1) is 0 Å². The molecule has 190 valence electrons. The number of urea groups is 1. The molecule has 0 fully saturated rings. The first-order chi connectivity index (χ1) is 17.2. The van der Waals surface area contributed by atoms with Crippen LogP contribution in [0.2, 0.25) is 15.1 Å². The lowest BCUT2D eigenvalue weighted by Gasteiger charge is -2.19. The maximum absolute atomic E-state index is 12.6. The normalized spacial score (nSPS) is 14.4. The van der Waals surface area contributed by atoms with Crippen LogP contribution in [0.4, 0.5) is 4.79 Å². The molecule has 13 heteroatoms. The van der Waals surface area contributed by atoms with Gasteiger partial charge in [0.1, 0.15) is 10.6 Å². The third-order valence-corrected chi connectivity index (χ3v) is 7.74. The molecule has 0 saturated heterocycles. The number of benzene rings is 2. The number of amides is 2. The topological polar surface area (TPSA) is 112 Å². The minimum atomic E-state index is -4.22. The van der Waals surface area contributed by atoms with Crippen LogP contribution < -0.4 is 14.8 Å². The molecule has 2 amide bonds. The smallest absolute Gasteiger partial charge is 0.328 e. The van der Waals surface area contributed by atoms with Gasteiger partial charge in [0, 0.05) is 33.8 Å². The summed E-state index contributed by atoms with van der Waals surface area (Å²) in [5.41, 5.74) is 3.37. The number of carbonyl (C=O) groups excluding carboxylic acids is 1. The van der Waals surface area contributed by atoms with Crippen LogP contribution in [-0.4, -0.2) is 44.5 Å². The molecule has 4 rings (SSSR count). The van der Waals surface area contributed by atoms with E-state index in [1.165, 1.54) is 25.3 Å². The minimum absolute atomic E-state index is 0.0399. The van der Waals surface area contributed by atoms with E-state index in [-0.39, 0.29) is 22.2 Å². The van der Waals surface area contributed by atoms with Gasteiger partial charge in [0.05, 0.1) is 43.8 Å². The second kappa shape index (κ2) is 11.1. The highest BCUT2D eigenvalue weighted by molar-refractivity contribution is 7.90. The van der Waals surface area contributed by atoms with Gasteiger partial charge in [-0.1, -0.05) is 46.9 Å². The Balaban J connectivity index is 1.45. The molecular weight excluding hydrogens is 551 g/mol. The summed E-state index contributed by atoms with van der Waals surface area (Å²) in [6, 6.07) is 8.47. The van der Waals surface area contributed by atoms with Gasteiger partial charge in [0.2, 0.25) is 0 Å². The Kier molecular flexibility index (Phi) is 8.11. The van der Waals surface area contributed by atoms with Crippen LogP contribution in [0.5, 0.6) is 5.75 Å². The van der Waals surface area contributed by atoms with E-state index in [0.717, 1.165) is 22.4 Å². The van der Waals surface area contributed by atoms with E-state index in [1.54, 1.807) is 29.1 Å². The minimum Gasteiger partial charge on any atom is -0.497 e. The van der Waals surface area contributed by atoms with Crippen LogP contribution in [0.25, 0.3) is 5.57 Å². The first-order valence-electron chi connectivity index (χ1n) is 10.6. The highest BCUT2D eigenvalue weighted by Gasteiger charge is 2.23. The number of sulfonamides is 1. The molecule has 36 heavy (non-hydrogen) atoms. The van der Waals surface area contributed by atoms with Gasteiger partial charge in [0.25, 0.3) is 10.0 Å². The fraction of sp³-hybridized carbons (Fsp3) is 0.217. The Morgan fingerprint density at radius 2 is 1.97 bits per heavy atom. The van der Waals surface area contributed by atoms with Crippen LogP contribution in [0.1, 0.15) is 16.8 Å². The molecule has 0 bridgehead atoms. The fourth-order valence-electron chi connectivity index (χ4n) is 3.62. The molecule has 1 aliphatic rings. The molecule has 1 aromatic heterocycles. The van der Waals surface area contributed by atoms with Crippen molar-refractivity contribution in [3.63, 3.8) is 0 Å². The number of rotatable bonds is 7. The molecule has 9 nitrogen and oxygen atoms in total. The Morgan fingerprint density at radius 3 is 2.72 bits per heavy atom. The van der Waals surface area contributed by atoms with E-state index in [9.17, 15) is 13.2 Å². The van der Waals surface area contributed by atoms with Crippen molar-refractivity contribution >= 4 is 56.4 Å². The largest absolute Gasteiger partial charge is 0.497 e. The van der Waals surface area contributed by atoms with Crippen LogP contribution >= 0.6 is 34.8 Å². The van der Waals surface area contributed by atoms with Crippen molar-refractivity contribution in [1.29, 1.82) is 0 Å². The number of nitrogens with zero attached hydrogens (tertiary/aromatic N) is 2. The second-order valence-corrected chi connectivity index (χ2v) is 10.6. The summed E-state index contributed by atoms with van der Waals surface area (Å²) in [7, 11) is -2.83. The highest BCUT2D eigenvalue weighted by Crippen LogP contribution is 2.28. The van der Waals surface area contributed by atoms with Crippen molar-refractivity contribution in [1.82, 2.24) is 19.8 Å². The first-order valence-corrected chi connectivity index (χ1v) is 13.2. The SMILES string of the molecule is COc1ccc(Cl)c(S(=O)(=O)NC(=O)NC/C=C2\COCc3cnn(Cc4ccc(Cl)cc4Cl)c32)c1. The summed E-state index contributed by atoms with van der Waals surface area (Å²) in [5, 5.41) is 7.99. The molecule has 2 aromatic carbocycles. The predicted octanol–water partition coefficient (Wildman–Crippen LogP) is 4.50. The van der Waals surface area contributed by atoms with Gasteiger partial charge >= 0.3 is 6.03 Å². The van der Waals surface area contributed by atoms with Gasteiger partial charge in [-0.15, -0.1) is 0 Å². The third-order valence-electron chi connectivity index (χ3n) is 5.34. The number of halogens is 3. The molecule has 2 N–H and O–H groups in total. The molecule has 0 atom stereocenters. The van der Waals surface area contributed by atoms with E-state index < -0.39 is 16.1 Å². The lowest BCUT2D eigenvalue weighted by Crippen LogP contribution is -2.39. The zero-order valence-electron chi connectivity index (χ0n) is 18.9. The number of fused-ring (bicyclic) bond motifs is 1. The van der Waals surface area contributed by atoms with Crippen molar-refractivity contribution in [3.05, 3.63) is 80.6 Å². The lowest BCUT2D eigenvalue weighted by atomic mass is 10.1. The Bertz CT molecular complexity index is 1440. The van der Waals surface area contributed by atoms with Crippen molar-refractivity contribution < 1.29 is 22.7 Å². The molecule has 0 radical (unpaired) electrons. The first kappa shape index (κ1) is 26.3. The monoisotopic (exact) mass is 570 g/mol. The number of aromatic nitrogens is 2. The highest BCUT2D eigenvalue weighted by atomic mass is 35.5. The van der Waals surface area contributed by atoms with E-state index in [2.05, 4.69) is 10.4 Å². The Labute approximate surface area is 223 Å². The summed E-state index contributed by atoms with van der Waals surface area (Å²) in [5.74, 6) is 0.287. The zero-order valence-corrected chi connectivity index (χ0v) is 22.0. The Morgan fingerprint density at radius 1 is 1.17 bits per heavy atom.